The van der Waals surface area contributed by atoms with Crippen LogP contribution in [0.5, 0.6) is 0 Å². The minimum absolute atomic E-state index is 0. The van der Waals surface area contributed by atoms with Crippen LogP contribution >= 0.6 is 28.3 Å². The Labute approximate surface area is 123 Å². The van der Waals surface area contributed by atoms with E-state index in [4.69, 9.17) is 5.73 Å². The summed E-state index contributed by atoms with van der Waals surface area (Å²) in [6.45, 7) is 8.20. The van der Waals surface area contributed by atoms with Crippen molar-refractivity contribution in [2.75, 3.05) is 13.1 Å². The van der Waals surface area contributed by atoms with Crippen LogP contribution in [-0.2, 0) is 6.54 Å². The van der Waals surface area contributed by atoms with Crippen LogP contribution < -0.4 is 5.73 Å². The highest BCUT2D eigenvalue weighted by atomic mass is 79.9. The fourth-order valence-electron chi connectivity index (χ4n) is 1.76. The quantitative estimate of drug-likeness (QED) is 0.888. The summed E-state index contributed by atoms with van der Waals surface area (Å²) in [6, 6.07) is 5.02. The smallest absolute Gasteiger partial charge is 0.127 e. The molecule has 0 unspecified atom stereocenters. The van der Waals surface area contributed by atoms with E-state index in [-0.39, 0.29) is 23.8 Å². The molecule has 0 saturated heterocycles. The first-order valence-corrected chi connectivity index (χ1v) is 6.56. The molecule has 1 rings (SSSR count). The van der Waals surface area contributed by atoms with Crippen LogP contribution in [0, 0.1) is 5.82 Å². The minimum Gasteiger partial charge on any atom is -0.324 e. The summed E-state index contributed by atoms with van der Waals surface area (Å²) in [6.07, 6.45) is 0. The van der Waals surface area contributed by atoms with Crippen LogP contribution in [0.25, 0.3) is 0 Å². The van der Waals surface area contributed by atoms with Crippen molar-refractivity contribution in [1.29, 1.82) is 0 Å². The van der Waals surface area contributed by atoms with Gasteiger partial charge in [0.2, 0.25) is 0 Å². The third kappa shape index (κ3) is 6.14. The lowest BCUT2D eigenvalue weighted by molar-refractivity contribution is 0.225. The van der Waals surface area contributed by atoms with Gasteiger partial charge in [-0.1, -0.05) is 22.9 Å². The van der Waals surface area contributed by atoms with Gasteiger partial charge in [0.1, 0.15) is 5.82 Å². The van der Waals surface area contributed by atoms with Crippen molar-refractivity contribution < 1.29 is 4.39 Å². The first-order chi connectivity index (χ1) is 7.81. The van der Waals surface area contributed by atoms with E-state index in [1.165, 1.54) is 6.07 Å². The Hall–Kier alpha value is -0.160. The van der Waals surface area contributed by atoms with Crippen LogP contribution in [0.2, 0.25) is 0 Å². The molecule has 1 aromatic rings. The predicted octanol–water partition coefficient (Wildman–Crippen LogP) is 3.57. The first kappa shape index (κ1) is 17.8. The molecule has 0 heterocycles. The molecule has 0 aliphatic carbocycles. The molecule has 0 radical (unpaired) electrons. The Morgan fingerprint density at radius 2 is 2.00 bits per heavy atom. The SMILES string of the molecule is CCN(Cc1cc(Br)ccc1F)CC(C)(C)N.Cl. The van der Waals surface area contributed by atoms with Gasteiger partial charge < -0.3 is 5.73 Å². The Bertz CT molecular complexity index is 380. The van der Waals surface area contributed by atoms with Gasteiger partial charge in [0.15, 0.2) is 0 Å². The number of benzene rings is 1. The normalized spacial score (nSPS) is 11.5. The first-order valence-electron chi connectivity index (χ1n) is 5.77. The molecule has 2 nitrogen and oxygen atoms in total. The van der Waals surface area contributed by atoms with Gasteiger partial charge in [-0.05, 0) is 38.6 Å². The summed E-state index contributed by atoms with van der Waals surface area (Å²) in [5.74, 6) is -0.165. The summed E-state index contributed by atoms with van der Waals surface area (Å²) >= 11 is 3.36. The molecule has 0 amide bonds. The molecule has 1 aromatic carbocycles. The lowest BCUT2D eigenvalue weighted by Gasteiger charge is -2.29. The monoisotopic (exact) mass is 338 g/mol. The lowest BCUT2D eigenvalue weighted by atomic mass is 10.1. The fraction of sp³-hybridized carbons (Fsp3) is 0.538. The van der Waals surface area contributed by atoms with Gasteiger partial charge in [-0.15, -0.1) is 12.4 Å². The molecule has 0 aromatic heterocycles. The van der Waals surface area contributed by atoms with Crippen molar-refractivity contribution in [2.45, 2.75) is 32.9 Å². The average Bonchev–Trinajstić information content (AvgIpc) is 2.20. The van der Waals surface area contributed by atoms with E-state index in [1.54, 1.807) is 6.07 Å². The van der Waals surface area contributed by atoms with E-state index >= 15 is 0 Å². The average molecular weight is 340 g/mol. The van der Waals surface area contributed by atoms with E-state index in [1.807, 2.05) is 19.9 Å². The van der Waals surface area contributed by atoms with Gasteiger partial charge in [-0.2, -0.15) is 0 Å². The molecule has 2 N–H and O–H groups in total. The number of nitrogens with two attached hydrogens (primary N) is 1. The lowest BCUT2D eigenvalue weighted by Crippen LogP contribution is -2.45. The topological polar surface area (TPSA) is 29.3 Å². The number of nitrogens with zero attached hydrogens (tertiary/aromatic N) is 1. The number of rotatable bonds is 5. The highest BCUT2D eigenvalue weighted by Gasteiger charge is 2.17. The second-order valence-electron chi connectivity index (χ2n) is 5.03. The van der Waals surface area contributed by atoms with Gasteiger partial charge in [0.05, 0.1) is 0 Å². The molecule has 0 bridgehead atoms. The predicted molar refractivity (Wildman–Crippen MR) is 80.6 cm³/mol. The Balaban J connectivity index is 0.00000289. The summed E-state index contributed by atoms with van der Waals surface area (Å²) < 4.78 is 14.5. The molecule has 0 aliphatic heterocycles. The molecule has 0 atom stereocenters. The van der Waals surface area contributed by atoms with Gasteiger partial charge >= 0.3 is 0 Å². The zero-order valence-corrected chi connectivity index (χ0v) is 13.4. The molecule has 0 aliphatic rings. The van der Waals surface area contributed by atoms with E-state index in [9.17, 15) is 4.39 Å². The molecule has 0 spiro atoms. The molecular formula is C13H21BrClFN2. The number of likely N-dealkylation sites (N-methyl/N-ethyl adjacent to an activating group) is 1. The molecule has 0 saturated carbocycles. The standard InChI is InChI=1S/C13H20BrFN2.ClH/c1-4-17(9-13(2,3)16)8-10-7-11(14)5-6-12(10)15;/h5-7H,4,8-9,16H2,1-3H3;1H. The summed E-state index contributed by atoms with van der Waals surface area (Å²) in [5, 5.41) is 0. The van der Waals surface area contributed by atoms with Crippen LogP contribution in [0.15, 0.2) is 22.7 Å². The van der Waals surface area contributed by atoms with Gasteiger partial charge in [-0.25, -0.2) is 4.39 Å². The minimum atomic E-state index is -0.265. The van der Waals surface area contributed by atoms with Gasteiger partial charge in [-0.3, -0.25) is 4.90 Å². The second kappa shape index (κ2) is 7.43. The van der Waals surface area contributed by atoms with E-state index in [0.29, 0.717) is 12.1 Å². The Kier molecular flexibility index (Phi) is 7.37. The van der Waals surface area contributed by atoms with Crippen LogP contribution in [-0.4, -0.2) is 23.5 Å². The molecule has 104 valence electrons. The maximum Gasteiger partial charge on any atom is 0.127 e. The third-order valence-electron chi connectivity index (χ3n) is 2.48. The van der Waals surface area contributed by atoms with E-state index < -0.39 is 0 Å². The Morgan fingerprint density at radius 1 is 1.39 bits per heavy atom. The summed E-state index contributed by atoms with van der Waals surface area (Å²) in [4.78, 5) is 2.14. The molecule has 18 heavy (non-hydrogen) atoms. The van der Waals surface area contributed by atoms with Crippen molar-refractivity contribution >= 4 is 28.3 Å². The highest BCUT2D eigenvalue weighted by Crippen LogP contribution is 2.17. The second-order valence-corrected chi connectivity index (χ2v) is 5.94. The maximum absolute atomic E-state index is 13.6. The van der Waals surface area contributed by atoms with Crippen molar-refractivity contribution in [2.24, 2.45) is 5.73 Å². The van der Waals surface area contributed by atoms with Crippen molar-refractivity contribution in [3.63, 3.8) is 0 Å². The van der Waals surface area contributed by atoms with Crippen molar-refractivity contribution in [1.82, 2.24) is 4.90 Å². The molecule has 5 heteroatoms. The number of hydrogen-bond acceptors (Lipinski definition) is 2. The Morgan fingerprint density at radius 3 is 2.50 bits per heavy atom. The molecule has 0 fully saturated rings. The van der Waals surface area contributed by atoms with Gasteiger partial charge in [0, 0.05) is 28.7 Å². The van der Waals surface area contributed by atoms with Crippen LogP contribution in [0.3, 0.4) is 0 Å². The van der Waals surface area contributed by atoms with E-state index in [0.717, 1.165) is 17.6 Å². The maximum atomic E-state index is 13.6. The molecular weight excluding hydrogens is 319 g/mol. The zero-order valence-electron chi connectivity index (χ0n) is 11.0. The zero-order chi connectivity index (χ0) is 13.1. The third-order valence-corrected chi connectivity index (χ3v) is 2.97. The number of halogens is 3. The van der Waals surface area contributed by atoms with E-state index in [2.05, 4.69) is 27.8 Å². The van der Waals surface area contributed by atoms with Gasteiger partial charge in [0.25, 0.3) is 0 Å². The fourth-order valence-corrected chi connectivity index (χ4v) is 2.17. The van der Waals surface area contributed by atoms with Crippen LogP contribution in [0.4, 0.5) is 4.39 Å². The van der Waals surface area contributed by atoms with Crippen molar-refractivity contribution in [3.8, 4) is 0 Å². The highest BCUT2D eigenvalue weighted by molar-refractivity contribution is 9.10. The largest absolute Gasteiger partial charge is 0.324 e. The summed E-state index contributed by atoms with van der Waals surface area (Å²) in [7, 11) is 0. The number of hydrogen-bond donors (Lipinski definition) is 1. The van der Waals surface area contributed by atoms with Crippen molar-refractivity contribution in [3.05, 3.63) is 34.1 Å². The van der Waals surface area contributed by atoms with Crippen LogP contribution in [0.1, 0.15) is 26.3 Å². The summed E-state index contributed by atoms with van der Waals surface area (Å²) in [5.41, 5.74) is 6.42.